The molecule has 0 amide bonds. The van der Waals surface area contributed by atoms with Crippen molar-refractivity contribution >= 4 is 23.0 Å². The van der Waals surface area contributed by atoms with E-state index in [0.29, 0.717) is 17.7 Å². The van der Waals surface area contributed by atoms with Crippen LogP contribution in [-0.4, -0.2) is 16.0 Å². The monoisotopic (exact) mass is 240 g/mol. The molecule has 1 rings (SSSR count). The van der Waals surface area contributed by atoms with Crippen molar-refractivity contribution < 1.29 is 14.3 Å². The van der Waals surface area contributed by atoms with Gasteiger partial charge in [-0.3, -0.25) is 4.79 Å². The SMILES string of the molecule is CC(=O)SCCC=Cc1cc(O)ccc1F. The van der Waals surface area contributed by atoms with E-state index < -0.39 is 0 Å². The fourth-order valence-corrected chi connectivity index (χ4v) is 1.68. The zero-order valence-electron chi connectivity index (χ0n) is 8.94. The lowest BCUT2D eigenvalue weighted by molar-refractivity contribution is -0.109. The predicted octanol–water partition coefficient (Wildman–Crippen LogP) is 3.21. The maximum atomic E-state index is 13.2. The molecular weight excluding hydrogens is 227 g/mol. The molecule has 16 heavy (non-hydrogen) atoms. The van der Waals surface area contributed by atoms with Crippen LogP contribution in [0.1, 0.15) is 18.9 Å². The number of benzene rings is 1. The molecule has 0 fully saturated rings. The molecule has 0 saturated carbocycles. The second-order valence-electron chi connectivity index (χ2n) is 3.24. The summed E-state index contributed by atoms with van der Waals surface area (Å²) in [5.74, 6) is 0.360. The van der Waals surface area contributed by atoms with Crippen molar-refractivity contribution in [3.05, 3.63) is 35.7 Å². The summed E-state index contributed by atoms with van der Waals surface area (Å²) in [6, 6.07) is 3.89. The molecule has 0 aliphatic heterocycles. The molecule has 0 radical (unpaired) electrons. The number of carbonyl (C=O) groups excluding carboxylic acids is 1. The number of carbonyl (C=O) groups is 1. The Kier molecular flexibility index (Phi) is 5.05. The van der Waals surface area contributed by atoms with Crippen LogP contribution in [0.4, 0.5) is 4.39 Å². The Morgan fingerprint density at radius 1 is 1.56 bits per heavy atom. The van der Waals surface area contributed by atoms with Crippen molar-refractivity contribution in [2.75, 3.05) is 5.75 Å². The molecule has 2 nitrogen and oxygen atoms in total. The molecule has 0 atom stereocenters. The highest BCUT2D eigenvalue weighted by Gasteiger charge is 1.99. The van der Waals surface area contributed by atoms with Crippen molar-refractivity contribution in [1.82, 2.24) is 0 Å². The number of thioether (sulfide) groups is 1. The van der Waals surface area contributed by atoms with Crippen LogP contribution in [0, 0.1) is 5.82 Å². The zero-order valence-corrected chi connectivity index (χ0v) is 9.76. The van der Waals surface area contributed by atoms with E-state index >= 15 is 0 Å². The third kappa shape index (κ3) is 4.49. The minimum absolute atomic E-state index is 0.0409. The summed E-state index contributed by atoms with van der Waals surface area (Å²) in [4.78, 5) is 10.6. The van der Waals surface area contributed by atoms with Crippen LogP contribution in [0.25, 0.3) is 6.08 Å². The largest absolute Gasteiger partial charge is 0.508 e. The van der Waals surface area contributed by atoms with Gasteiger partial charge in [0.2, 0.25) is 0 Å². The second kappa shape index (κ2) is 6.33. The fourth-order valence-electron chi connectivity index (χ4n) is 1.14. The van der Waals surface area contributed by atoms with E-state index in [1.54, 1.807) is 12.2 Å². The number of hydrogen-bond acceptors (Lipinski definition) is 3. The Balaban J connectivity index is 2.49. The first-order chi connectivity index (χ1) is 7.59. The van der Waals surface area contributed by atoms with Crippen molar-refractivity contribution in [2.24, 2.45) is 0 Å². The first kappa shape index (κ1) is 12.8. The number of halogens is 1. The number of rotatable bonds is 4. The Bertz CT molecular complexity index is 402. The molecule has 0 saturated heterocycles. The lowest BCUT2D eigenvalue weighted by Gasteiger charge is -1.97. The Labute approximate surface area is 98.2 Å². The molecule has 1 aromatic carbocycles. The quantitative estimate of drug-likeness (QED) is 0.821. The number of phenolic OH excluding ortho intramolecular Hbond substituents is 1. The first-order valence-corrected chi connectivity index (χ1v) is 5.86. The van der Waals surface area contributed by atoms with Gasteiger partial charge in [0.25, 0.3) is 0 Å². The topological polar surface area (TPSA) is 37.3 Å². The van der Waals surface area contributed by atoms with Crippen LogP contribution in [0.2, 0.25) is 0 Å². The average molecular weight is 240 g/mol. The van der Waals surface area contributed by atoms with Crippen molar-refractivity contribution in [2.45, 2.75) is 13.3 Å². The van der Waals surface area contributed by atoms with Gasteiger partial charge in [0, 0.05) is 18.2 Å². The van der Waals surface area contributed by atoms with Crippen LogP contribution in [0.3, 0.4) is 0 Å². The molecule has 0 aliphatic rings. The third-order valence-electron chi connectivity index (χ3n) is 1.87. The minimum atomic E-state index is -0.367. The molecule has 4 heteroatoms. The van der Waals surface area contributed by atoms with Gasteiger partial charge in [0.1, 0.15) is 11.6 Å². The number of allylic oxidation sites excluding steroid dienone is 1. The molecule has 0 aromatic heterocycles. The highest BCUT2D eigenvalue weighted by Crippen LogP contribution is 2.17. The fraction of sp³-hybridized carbons (Fsp3) is 0.250. The summed E-state index contributed by atoms with van der Waals surface area (Å²) >= 11 is 1.24. The zero-order chi connectivity index (χ0) is 12.0. The average Bonchev–Trinajstić information content (AvgIpc) is 2.22. The normalized spacial score (nSPS) is 10.9. The van der Waals surface area contributed by atoms with E-state index in [1.165, 1.54) is 36.9 Å². The molecule has 1 N–H and O–H groups in total. The maximum Gasteiger partial charge on any atom is 0.185 e. The molecule has 86 valence electrons. The molecule has 0 aliphatic carbocycles. The van der Waals surface area contributed by atoms with Gasteiger partial charge in [-0.25, -0.2) is 4.39 Å². The van der Waals surface area contributed by atoms with Crippen molar-refractivity contribution in [3.8, 4) is 5.75 Å². The van der Waals surface area contributed by atoms with E-state index in [0.717, 1.165) is 0 Å². The minimum Gasteiger partial charge on any atom is -0.508 e. The number of aromatic hydroxyl groups is 1. The van der Waals surface area contributed by atoms with Gasteiger partial charge in [-0.15, -0.1) is 0 Å². The molecule has 1 aromatic rings. The summed E-state index contributed by atoms with van der Waals surface area (Å²) in [5, 5.41) is 9.24. The van der Waals surface area contributed by atoms with Crippen molar-refractivity contribution in [1.29, 1.82) is 0 Å². The summed E-state index contributed by atoms with van der Waals surface area (Å²) in [5.41, 5.74) is 0.354. The van der Waals surface area contributed by atoms with Crippen LogP contribution < -0.4 is 0 Å². The van der Waals surface area contributed by atoms with Gasteiger partial charge >= 0.3 is 0 Å². The molecule has 0 bridgehead atoms. The lowest BCUT2D eigenvalue weighted by atomic mass is 10.2. The summed E-state index contributed by atoms with van der Waals surface area (Å²) in [6.45, 7) is 1.52. The van der Waals surface area contributed by atoms with E-state index in [2.05, 4.69) is 0 Å². The van der Waals surface area contributed by atoms with Gasteiger partial charge in [-0.2, -0.15) is 0 Å². The Hall–Kier alpha value is -1.29. The van der Waals surface area contributed by atoms with Gasteiger partial charge in [0.15, 0.2) is 5.12 Å². The molecule has 0 heterocycles. The first-order valence-electron chi connectivity index (χ1n) is 4.88. The number of phenols is 1. The van der Waals surface area contributed by atoms with E-state index in [-0.39, 0.29) is 16.7 Å². The Morgan fingerprint density at radius 3 is 3.00 bits per heavy atom. The van der Waals surface area contributed by atoms with Crippen molar-refractivity contribution in [3.63, 3.8) is 0 Å². The highest BCUT2D eigenvalue weighted by atomic mass is 32.2. The van der Waals surface area contributed by atoms with Crippen LogP contribution in [0.15, 0.2) is 24.3 Å². The van der Waals surface area contributed by atoms with Crippen LogP contribution in [0.5, 0.6) is 5.75 Å². The number of hydrogen-bond donors (Lipinski definition) is 1. The molecular formula is C12H13FO2S. The lowest BCUT2D eigenvalue weighted by Crippen LogP contribution is -1.84. The smallest absolute Gasteiger partial charge is 0.185 e. The second-order valence-corrected chi connectivity index (χ2v) is 4.51. The van der Waals surface area contributed by atoms with E-state index in [4.69, 9.17) is 5.11 Å². The van der Waals surface area contributed by atoms with E-state index in [1.807, 2.05) is 0 Å². The summed E-state index contributed by atoms with van der Waals surface area (Å²) in [6.07, 6.45) is 4.09. The van der Waals surface area contributed by atoms with Crippen LogP contribution in [-0.2, 0) is 4.79 Å². The van der Waals surface area contributed by atoms with Gasteiger partial charge in [-0.1, -0.05) is 23.9 Å². The standard InChI is InChI=1S/C12H13FO2S/c1-9(14)16-7-3-2-4-10-8-11(15)5-6-12(10)13/h2,4-6,8,15H,3,7H2,1H3. The summed E-state index contributed by atoms with van der Waals surface area (Å²) in [7, 11) is 0. The highest BCUT2D eigenvalue weighted by molar-refractivity contribution is 8.13. The Morgan fingerprint density at radius 2 is 2.31 bits per heavy atom. The molecule has 0 spiro atoms. The van der Waals surface area contributed by atoms with Gasteiger partial charge in [-0.05, 0) is 24.6 Å². The summed E-state index contributed by atoms with van der Waals surface area (Å²) < 4.78 is 13.2. The van der Waals surface area contributed by atoms with Gasteiger partial charge < -0.3 is 5.11 Å². The predicted molar refractivity (Wildman–Crippen MR) is 64.9 cm³/mol. The van der Waals surface area contributed by atoms with E-state index in [9.17, 15) is 9.18 Å². The molecule has 0 unspecified atom stereocenters. The maximum absolute atomic E-state index is 13.2. The van der Waals surface area contributed by atoms with Crippen LogP contribution >= 0.6 is 11.8 Å². The third-order valence-corrected chi connectivity index (χ3v) is 2.71. The van der Waals surface area contributed by atoms with Gasteiger partial charge in [0.05, 0.1) is 0 Å².